The number of hydrogen-bond donors (Lipinski definition) is 3. The van der Waals surface area contributed by atoms with E-state index in [1.165, 1.54) is 12.1 Å². The van der Waals surface area contributed by atoms with Gasteiger partial charge in [0, 0.05) is 11.1 Å². The number of benzene rings is 1. The summed E-state index contributed by atoms with van der Waals surface area (Å²) in [6, 6.07) is 6.19. The van der Waals surface area contributed by atoms with Crippen LogP contribution in [0.15, 0.2) is 35.5 Å². The molecule has 1 aliphatic carbocycles. The highest BCUT2D eigenvalue weighted by atomic mass is 16.5. The topological polar surface area (TPSA) is 90.1 Å². The number of nitrogens with zero attached hydrogens (tertiary/aromatic N) is 1. The number of aliphatic hydroxyl groups excluding tert-OH is 1. The second kappa shape index (κ2) is 3.23. The average Bonchev–Trinajstić information content (AvgIpc) is 2.24. The summed E-state index contributed by atoms with van der Waals surface area (Å²) in [6.07, 6.45) is -0.532. The van der Waals surface area contributed by atoms with Crippen molar-refractivity contribution in [2.75, 3.05) is 0 Å². The maximum absolute atomic E-state index is 10.5. The molecule has 5 heteroatoms. The lowest BCUT2D eigenvalue weighted by molar-refractivity contribution is -0.221. The first-order chi connectivity index (χ1) is 7.07. The molecular formula is C10H9NO4. The third-order valence-electron chi connectivity index (χ3n) is 2.43. The fourth-order valence-electron chi connectivity index (χ4n) is 1.62. The van der Waals surface area contributed by atoms with Crippen LogP contribution in [0.1, 0.15) is 11.1 Å². The zero-order chi connectivity index (χ0) is 11.1. The van der Waals surface area contributed by atoms with Gasteiger partial charge >= 0.3 is 0 Å². The second-order valence-electron chi connectivity index (χ2n) is 3.36. The molecule has 2 rings (SSSR count). The van der Waals surface area contributed by atoms with Crippen LogP contribution in [0.5, 0.6) is 0 Å². The van der Waals surface area contributed by atoms with Crippen molar-refractivity contribution in [3.8, 4) is 0 Å². The molecule has 0 saturated carbocycles. The highest BCUT2D eigenvalue weighted by Gasteiger charge is 2.40. The molecule has 3 N–H and O–H groups in total. The molecule has 0 spiro atoms. The molecule has 0 amide bonds. The minimum absolute atomic E-state index is 0.0109. The van der Waals surface area contributed by atoms with Crippen molar-refractivity contribution in [3.05, 3.63) is 46.4 Å². The lowest BCUT2D eigenvalue weighted by Crippen LogP contribution is -2.41. The van der Waals surface area contributed by atoms with Gasteiger partial charge in [-0.25, -0.2) is 0 Å². The minimum Gasteiger partial charge on any atom is -0.383 e. The highest BCUT2D eigenvalue weighted by Crippen LogP contribution is 2.36. The summed E-state index contributed by atoms with van der Waals surface area (Å²) in [4.78, 5) is 10.5. The zero-order valence-electron chi connectivity index (χ0n) is 7.66. The first kappa shape index (κ1) is 9.97. The van der Waals surface area contributed by atoms with Crippen LogP contribution in [-0.2, 0) is 5.79 Å². The number of hydrogen-bond acceptors (Lipinski definition) is 5. The Labute approximate surface area is 85.3 Å². The predicted octanol–water partition coefficient (Wildman–Crippen LogP) is 0.306. The van der Waals surface area contributed by atoms with Crippen molar-refractivity contribution < 1.29 is 15.3 Å². The molecule has 78 valence electrons. The molecule has 0 radical (unpaired) electrons. The fraction of sp³-hybridized carbons (Fsp3) is 0.200. The molecular weight excluding hydrogens is 198 g/mol. The molecule has 0 aliphatic heterocycles. The number of fused-ring (bicyclic) bond motifs is 1. The van der Waals surface area contributed by atoms with Gasteiger partial charge in [0.25, 0.3) is 0 Å². The third kappa shape index (κ3) is 1.37. The highest BCUT2D eigenvalue weighted by molar-refractivity contribution is 5.71. The first-order valence-electron chi connectivity index (χ1n) is 4.35. The van der Waals surface area contributed by atoms with Crippen LogP contribution in [-0.4, -0.2) is 21.4 Å². The van der Waals surface area contributed by atoms with E-state index in [4.69, 9.17) is 0 Å². The van der Waals surface area contributed by atoms with Gasteiger partial charge in [-0.3, -0.25) is 0 Å². The van der Waals surface area contributed by atoms with E-state index in [9.17, 15) is 20.2 Å². The Kier molecular flexibility index (Phi) is 2.15. The van der Waals surface area contributed by atoms with Crippen LogP contribution in [0.4, 0.5) is 0 Å². The molecule has 1 atom stereocenters. The van der Waals surface area contributed by atoms with Gasteiger partial charge in [-0.1, -0.05) is 24.3 Å². The van der Waals surface area contributed by atoms with Crippen LogP contribution >= 0.6 is 0 Å². The van der Waals surface area contributed by atoms with Crippen LogP contribution < -0.4 is 0 Å². The minimum atomic E-state index is -2.37. The average molecular weight is 207 g/mol. The van der Waals surface area contributed by atoms with Crippen molar-refractivity contribution in [1.29, 1.82) is 0 Å². The van der Waals surface area contributed by atoms with Gasteiger partial charge in [0.05, 0.1) is 0 Å². The quantitative estimate of drug-likeness (QED) is 0.456. The van der Waals surface area contributed by atoms with Gasteiger partial charge in [-0.15, -0.1) is 4.91 Å². The summed E-state index contributed by atoms with van der Waals surface area (Å²) in [5.41, 5.74) is 0.411. The molecule has 1 unspecified atom stereocenters. The lowest BCUT2D eigenvalue weighted by atomic mass is 9.88. The molecule has 0 saturated heterocycles. The molecule has 1 aliphatic rings. The summed E-state index contributed by atoms with van der Waals surface area (Å²) >= 11 is 0. The fourth-order valence-corrected chi connectivity index (χ4v) is 1.62. The Bertz CT molecular complexity index is 439. The molecule has 15 heavy (non-hydrogen) atoms. The molecule has 1 aromatic carbocycles. The monoisotopic (exact) mass is 207 g/mol. The maximum atomic E-state index is 10.5. The van der Waals surface area contributed by atoms with Crippen molar-refractivity contribution in [2.24, 2.45) is 5.18 Å². The number of rotatable bonds is 1. The van der Waals surface area contributed by atoms with Gasteiger partial charge in [-0.2, -0.15) is 0 Å². The third-order valence-corrected chi connectivity index (χ3v) is 2.43. The lowest BCUT2D eigenvalue weighted by Gasteiger charge is -2.31. The molecule has 5 nitrogen and oxygen atoms in total. The zero-order valence-corrected chi connectivity index (χ0v) is 7.66. The Hall–Kier alpha value is -1.56. The van der Waals surface area contributed by atoms with Crippen LogP contribution in [0.25, 0.3) is 5.70 Å². The maximum Gasteiger partial charge on any atom is 0.221 e. The molecule has 0 aromatic heterocycles. The van der Waals surface area contributed by atoms with E-state index in [0.717, 1.165) is 6.08 Å². The molecule has 0 heterocycles. The van der Waals surface area contributed by atoms with E-state index in [-0.39, 0.29) is 11.3 Å². The van der Waals surface area contributed by atoms with Gasteiger partial charge in [-0.05, 0) is 11.3 Å². The van der Waals surface area contributed by atoms with Crippen molar-refractivity contribution in [2.45, 2.75) is 11.9 Å². The molecule has 0 fully saturated rings. The van der Waals surface area contributed by atoms with Crippen molar-refractivity contribution in [3.63, 3.8) is 0 Å². The van der Waals surface area contributed by atoms with E-state index < -0.39 is 11.9 Å². The largest absolute Gasteiger partial charge is 0.383 e. The van der Waals surface area contributed by atoms with Crippen molar-refractivity contribution >= 4 is 5.70 Å². The summed E-state index contributed by atoms with van der Waals surface area (Å²) < 4.78 is 0. The number of nitroso groups, excluding NO2 is 1. The van der Waals surface area contributed by atoms with E-state index >= 15 is 0 Å². The van der Waals surface area contributed by atoms with Gasteiger partial charge < -0.3 is 15.3 Å². The smallest absolute Gasteiger partial charge is 0.221 e. The normalized spacial score (nSPS) is 22.9. The van der Waals surface area contributed by atoms with Crippen molar-refractivity contribution in [1.82, 2.24) is 0 Å². The second-order valence-corrected chi connectivity index (χ2v) is 3.36. The van der Waals surface area contributed by atoms with Crippen LogP contribution in [0.3, 0.4) is 0 Å². The van der Waals surface area contributed by atoms with Gasteiger partial charge in [0.2, 0.25) is 5.79 Å². The first-order valence-corrected chi connectivity index (χ1v) is 4.35. The van der Waals surface area contributed by atoms with E-state index in [1.54, 1.807) is 12.1 Å². The number of aliphatic hydroxyl groups is 3. The SMILES string of the molecule is O=NC1=CC(O)C(O)(O)c2ccccc21. The Morgan fingerprint density at radius 2 is 1.93 bits per heavy atom. The van der Waals surface area contributed by atoms with E-state index in [0.29, 0.717) is 5.56 Å². The van der Waals surface area contributed by atoms with E-state index in [2.05, 4.69) is 5.18 Å². The molecule has 0 bridgehead atoms. The van der Waals surface area contributed by atoms with Gasteiger partial charge in [0.15, 0.2) is 0 Å². The van der Waals surface area contributed by atoms with Crippen LogP contribution in [0.2, 0.25) is 0 Å². The Morgan fingerprint density at radius 1 is 1.27 bits per heavy atom. The molecule has 1 aromatic rings. The van der Waals surface area contributed by atoms with Gasteiger partial charge in [0.1, 0.15) is 11.8 Å². The van der Waals surface area contributed by atoms with E-state index in [1.807, 2.05) is 0 Å². The standard InChI is InChI=1S/C10H9NO4/c12-9-5-8(11-15)6-3-1-2-4-7(6)10(9,13)14/h1-5,9,12-14H. The van der Waals surface area contributed by atoms with Crippen LogP contribution in [0, 0.1) is 4.91 Å². The predicted molar refractivity (Wildman–Crippen MR) is 52.3 cm³/mol. The Morgan fingerprint density at radius 3 is 2.60 bits per heavy atom. The summed E-state index contributed by atoms with van der Waals surface area (Å²) in [5, 5.41) is 31.4. The summed E-state index contributed by atoms with van der Waals surface area (Å²) in [5.74, 6) is -2.37. The summed E-state index contributed by atoms with van der Waals surface area (Å²) in [6.45, 7) is 0. The Balaban J connectivity index is 2.68. The summed E-state index contributed by atoms with van der Waals surface area (Å²) in [7, 11) is 0.